The molecule has 1 amide bonds. The zero-order chi connectivity index (χ0) is 12.8. The van der Waals surface area contributed by atoms with Gasteiger partial charge < -0.3 is 9.73 Å². The number of hydrogen-bond donors (Lipinski definition) is 1. The van der Waals surface area contributed by atoms with E-state index in [4.69, 9.17) is 4.42 Å². The predicted molar refractivity (Wildman–Crippen MR) is 70.4 cm³/mol. The molecule has 2 rings (SSSR count). The number of furan rings is 1. The first kappa shape index (κ1) is 12.8. The summed E-state index contributed by atoms with van der Waals surface area (Å²) in [6.45, 7) is 2.55. The van der Waals surface area contributed by atoms with Crippen molar-refractivity contribution in [2.24, 2.45) is 0 Å². The number of thiazole rings is 1. The van der Waals surface area contributed by atoms with Gasteiger partial charge in [-0.25, -0.2) is 4.98 Å². The number of amides is 1. The molecule has 96 valence electrons. The largest absolute Gasteiger partial charge is 0.467 e. The Morgan fingerprint density at radius 2 is 2.44 bits per heavy atom. The van der Waals surface area contributed by atoms with Crippen molar-refractivity contribution in [3.8, 4) is 0 Å². The van der Waals surface area contributed by atoms with E-state index in [-0.39, 0.29) is 5.91 Å². The van der Waals surface area contributed by atoms with Crippen LogP contribution in [0.25, 0.3) is 0 Å². The maximum atomic E-state index is 11.7. The molecule has 0 radical (unpaired) electrons. The number of nitrogens with one attached hydrogen (secondary N) is 1. The van der Waals surface area contributed by atoms with E-state index in [9.17, 15) is 4.79 Å². The minimum atomic E-state index is -0.0243. The lowest BCUT2D eigenvalue weighted by molar-refractivity contribution is -0.120. The molecule has 0 saturated heterocycles. The molecule has 0 unspecified atom stereocenters. The third-order valence-electron chi connectivity index (χ3n) is 2.46. The van der Waals surface area contributed by atoms with Gasteiger partial charge in [0.15, 0.2) is 0 Å². The Morgan fingerprint density at radius 1 is 1.56 bits per heavy atom. The summed E-state index contributed by atoms with van der Waals surface area (Å²) in [7, 11) is 0. The number of nitrogens with zero attached hydrogens (tertiary/aromatic N) is 1. The number of carbonyl (C=O) groups excluding carboxylic acids is 1. The van der Waals surface area contributed by atoms with Crippen molar-refractivity contribution in [1.82, 2.24) is 10.3 Å². The molecular formula is C13H16N2O2S. The molecule has 2 aromatic heterocycles. The van der Waals surface area contributed by atoms with Crippen LogP contribution in [-0.4, -0.2) is 10.9 Å². The van der Waals surface area contributed by atoms with Gasteiger partial charge in [-0.1, -0.05) is 13.3 Å². The molecule has 0 fully saturated rings. The molecule has 5 heteroatoms. The quantitative estimate of drug-likeness (QED) is 0.872. The van der Waals surface area contributed by atoms with Gasteiger partial charge in [-0.05, 0) is 18.6 Å². The number of aromatic nitrogens is 1. The van der Waals surface area contributed by atoms with Gasteiger partial charge in [-0.2, -0.15) is 0 Å². The van der Waals surface area contributed by atoms with Crippen LogP contribution >= 0.6 is 11.3 Å². The van der Waals surface area contributed by atoms with Gasteiger partial charge in [0.25, 0.3) is 0 Å². The van der Waals surface area contributed by atoms with E-state index in [1.54, 1.807) is 23.7 Å². The summed E-state index contributed by atoms with van der Waals surface area (Å²) in [5.41, 5.74) is 1.08. The molecule has 2 heterocycles. The second kappa shape index (κ2) is 6.35. The lowest BCUT2D eigenvalue weighted by atomic mass is 10.3. The molecule has 1 N–H and O–H groups in total. The number of rotatable bonds is 6. The SMILES string of the molecule is CCCc1csc(CC(=O)NCc2ccco2)n1. The molecule has 18 heavy (non-hydrogen) atoms. The molecule has 0 aliphatic rings. The van der Waals surface area contributed by atoms with Gasteiger partial charge in [-0.15, -0.1) is 11.3 Å². The number of aryl methyl sites for hydroxylation is 1. The van der Waals surface area contributed by atoms with E-state index in [1.807, 2.05) is 11.4 Å². The molecule has 2 aromatic rings. The first-order valence-electron chi connectivity index (χ1n) is 6.00. The normalized spacial score (nSPS) is 10.5. The standard InChI is InChI=1S/C13H16N2O2S/c1-2-4-10-9-18-13(15-10)7-12(16)14-8-11-5-3-6-17-11/h3,5-6,9H,2,4,7-8H2,1H3,(H,14,16). The van der Waals surface area contributed by atoms with Gasteiger partial charge in [-0.3, -0.25) is 4.79 Å². The maximum Gasteiger partial charge on any atom is 0.227 e. The lowest BCUT2D eigenvalue weighted by Crippen LogP contribution is -2.24. The van der Waals surface area contributed by atoms with Crippen LogP contribution in [0.5, 0.6) is 0 Å². The minimum absolute atomic E-state index is 0.0243. The third kappa shape index (κ3) is 3.70. The van der Waals surface area contributed by atoms with Gasteiger partial charge in [0.05, 0.1) is 24.9 Å². The number of carbonyl (C=O) groups is 1. The second-order valence-electron chi connectivity index (χ2n) is 4.02. The van der Waals surface area contributed by atoms with Crippen molar-refractivity contribution in [2.75, 3.05) is 0 Å². The van der Waals surface area contributed by atoms with Crippen molar-refractivity contribution in [3.05, 3.63) is 40.2 Å². The lowest BCUT2D eigenvalue weighted by Gasteiger charge is -2.00. The smallest absolute Gasteiger partial charge is 0.227 e. The highest BCUT2D eigenvalue weighted by molar-refractivity contribution is 7.09. The summed E-state index contributed by atoms with van der Waals surface area (Å²) >= 11 is 1.55. The molecule has 0 atom stereocenters. The Bertz CT molecular complexity index is 491. The van der Waals surface area contributed by atoms with Crippen LogP contribution in [0.4, 0.5) is 0 Å². The summed E-state index contributed by atoms with van der Waals surface area (Å²) in [5.74, 6) is 0.734. The molecule has 0 aliphatic carbocycles. The fraction of sp³-hybridized carbons (Fsp3) is 0.385. The Labute approximate surface area is 110 Å². The Hall–Kier alpha value is -1.62. The molecule has 0 aromatic carbocycles. The topological polar surface area (TPSA) is 55.1 Å². The van der Waals surface area contributed by atoms with Gasteiger partial charge in [0.1, 0.15) is 10.8 Å². The van der Waals surface area contributed by atoms with E-state index in [0.29, 0.717) is 13.0 Å². The van der Waals surface area contributed by atoms with Crippen LogP contribution in [0.1, 0.15) is 29.8 Å². The monoisotopic (exact) mass is 264 g/mol. The first-order valence-corrected chi connectivity index (χ1v) is 6.88. The van der Waals surface area contributed by atoms with Gasteiger partial charge in [0, 0.05) is 5.38 Å². The number of hydrogen-bond acceptors (Lipinski definition) is 4. The summed E-state index contributed by atoms with van der Waals surface area (Å²) in [4.78, 5) is 16.1. The summed E-state index contributed by atoms with van der Waals surface area (Å²) in [6.07, 6.45) is 3.99. The summed E-state index contributed by atoms with van der Waals surface area (Å²) in [5, 5.41) is 5.71. The summed E-state index contributed by atoms with van der Waals surface area (Å²) in [6, 6.07) is 3.64. The highest BCUT2D eigenvalue weighted by Gasteiger charge is 2.08. The highest BCUT2D eigenvalue weighted by Crippen LogP contribution is 2.12. The molecule has 0 saturated carbocycles. The molecule has 4 nitrogen and oxygen atoms in total. The van der Waals surface area contributed by atoms with E-state index < -0.39 is 0 Å². The highest BCUT2D eigenvalue weighted by atomic mass is 32.1. The minimum Gasteiger partial charge on any atom is -0.467 e. The molecule has 0 spiro atoms. The van der Waals surface area contributed by atoms with Crippen LogP contribution in [0.15, 0.2) is 28.2 Å². The van der Waals surface area contributed by atoms with Crippen molar-refractivity contribution >= 4 is 17.2 Å². The second-order valence-corrected chi connectivity index (χ2v) is 4.96. The fourth-order valence-corrected chi connectivity index (χ4v) is 2.43. The summed E-state index contributed by atoms with van der Waals surface area (Å²) < 4.78 is 5.14. The zero-order valence-corrected chi connectivity index (χ0v) is 11.1. The van der Waals surface area contributed by atoms with E-state index in [1.165, 1.54) is 0 Å². The maximum absolute atomic E-state index is 11.7. The molecular weight excluding hydrogens is 248 g/mol. The van der Waals surface area contributed by atoms with Crippen LogP contribution in [0, 0.1) is 0 Å². The van der Waals surface area contributed by atoms with Crippen LogP contribution < -0.4 is 5.32 Å². The zero-order valence-electron chi connectivity index (χ0n) is 10.3. The fourth-order valence-electron chi connectivity index (χ4n) is 1.60. The Kier molecular flexibility index (Phi) is 4.52. The van der Waals surface area contributed by atoms with Crippen LogP contribution in [0.2, 0.25) is 0 Å². The van der Waals surface area contributed by atoms with Crippen LogP contribution in [-0.2, 0) is 24.2 Å². The van der Waals surface area contributed by atoms with E-state index >= 15 is 0 Å². The average Bonchev–Trinajstić information content (AvgIpc) is 2.99. The van der Waals surface area contributed by atoms with Crippen molar-refractivity contribution in [2.45, 2.75) is 32.7 Å². The van der Waals surface area contributed by atoms with E-state index in [2.05, 4.69) is 17.2 Å². The van der Waals surface area contributed by atoms with Crippen LogP contribution in [0.3, 0.4) is 0 Å². The first-order chi connectivity index (χ1) is 8.78. The van der Waals surface area contributed by atoms with Crippen molar-refractivity contribution in [1.29, 1.82) is 0 Å². The molecule has 0 aliphatic heterocycles. The molecule has 0 bridgehead atoms. The predicted octanol–water partition coefficient (Wildman–Crippen LogP) is 2.55. The Balaban J connectivity index is 1.79. The Morgan fingerprint density at radius 3 is 3.17 bits per heavy atom. The van der Waals surface area contributed by atoms with E-state index in [0.717, 1.165) is 29.3 Å². The van der Waals surface area contributed by atoms with Crippen molar-refractivity contribution < 1.29 is 9.21 Å². The van der Waals surface area contributed by atoms with Gasteiger partial charge >= 0.3 is 0 Å². The average molecular weight is 264 g/mol. The van der Waals surface area contributed by atoms with Gasteiger partial charge in [0.2, 0.25) is 5.91 Å². The third-order valence-corrected chi connectivity index (χ3v) is 3.35. The van der Waals surface area contributed by atoms with Crippen molar-refractivity contribution in [3.63, 3.8) is 0 Å².